The van der Waals surface area contributed by atoms with E-state index in [1.165, 1.54) is 0 Å². The molecule has 0 aliphatic carbocycles. The molecule has 0 spiro atoms. The number of ether oxygens (including phenoxy) is 2. The van der Waals surface area contributed by atoms with Crippen LogP contribution in [0.4, 0.5) is 0 Å². The lowest BCUT2D eigenvalue weighted by atomic mass is 10.2. The van der Waals surface area contributed by atoms with Crippen molar-refractivity contribution in [2.24, 2.45) is 0 Å². The Morgan fingerprint density at radius 3 is 2.79 bits per heavy atom. The molecule has 1 saturated heterocycles. The molecule has 2 rings (SSSR count). The van der Waals surface area contributed by atoms with Gasteiger partial charge in [0.2, 0.25) is 0 Å². The van der Waals surface area contributed by atoms with Gasteiger partial charge in [0.1, 0.15) is 0 Å². The first-order valence-corrected chi connectivity index (χ1v) is 7.72. The van der Waals surface area contributed by atoms with Crippen molar-refractivity contribution < 1.29 is 9.47 Å². The van der Waals surface area contributed by atoms with Crippen LogP contribution in [-0.4, -0.2) is 44.4 Å². The summed E-state index contributed by atoms with van der Waals surface area (Å²) < 4.78 is 12.0. The maximum absolute atomic E-state index is 6.18. The number of benzene rings is 1. The zero-order chi connectivity index (χ0) is 13.7. The van der Waals surface area contributed by atoms with Crippen LogP contribution in [0.15, 0.2) is 16.6 Å². The minimum atomic E-state index is 0.665. The molecule has 0 N–H and O–H groups in total. The molecular formula is C14H19BrClNO2. The number of rotatable bonds is 5. The van der Waals surface area contributed by atoms with E-state index in [1.54, 1.807) is 0 Å². The van der Waals surface area contributed by atoms with Gasteiger partial charge in [-0.15, -0.1) is 0 Å². The van der Waals surface area contributed by atoms with Crippen LogP contribution in [0, 0.1) is 6.92 Å². The van der Waals surface area contributed by atoms with Crippen molar-refractivity contribution >= 4 is 27.5 Å². The molecule has 0 bridgehead atoms. The normalized spacial score (nSPS) is 16.6. The smallest absolute Gasteiger partial charge is 0.152 e. The van der Waals surface area contributed by atoms with Crippen LogP contribution >= 0.6 is 27.5 Å². The van der Waals surface area contributed by atoms with E-state index in [1.807, 2.05) is 19.1 Å². The quantitative estimate of drug-likeness (QED) is 0.760. The summed E-state index contributed by atoms with van der Waals surface area (Å²) in [5.74, 6) is 0.745. The third-order valence-corrected chi connectivity index (χ3v) is 3.98. The van der Waals surface area contributed by atoms with Crippen LogP contribution in [0.5, 0.6) is 5.75 Å². The number of nitrogens with zero attached hydrogens (tertiary/aromatic N) is 1. The van der Waals surface area contributed by atoms with Gasteiger partial charge in [-0.3, -0.25) is 4.90 Å². The monoisotopic (exact) mass is 347 g/mol. The van der Waals surface area contributed by atoms with E-state index >= 15 is 0 Å². The lowest BCUT2D eigenvalue weighted by Crippen LogP contribution is -2.37. The van der Waals surface area contributed by atoms with Crippen LogP contribution in [0.25, 0.3) is 0 Å². The first-order valence-electron chi connectivity index (χ1n) is 6.55. The van der Waals surface area contributed by atoms with Crippen LogP contribution < -0.4 is 4.74 Å². The highest BCUT2D eigenvalue weighted by Gasteiger charge is 2.11. The Labute approximate surface area is 128 Å². The molecular weight excluding hydrogens is 330 g/mol. The highest BCUT2D eigenvalue weighted by molar-refractivity contribution is 9.10. The molecule has 0 radical (unpaired) electrons. The minimum Gasteiger partial charge on any atom is -0.491 e. The van der Waals surface area contributed by atoms with Gasteiger partial charge in [-0.1, -0.05) is 11.6 Å². The summed E-state index contributed by atoms with van der Waals surface area (Å²) in [6.45, 7) is 7.47. The third-order valence-electron chi connectivity index (χ3n) is 3.11. The van der Waals surface area contributed by atoms with Crippen molar-refractivity contribution in [3.05, 3.63) is 27.2 Å². The average molecular weight is 349 g/mol. The molecule has 3 nitrogen and oxygen atoms in total. The summed E-state index contributed by atoms with van der Waals surface area (Å²) in [4.78, 5) is 2.40. The van der Waals surface area contributed by atoms with E-state index in [0.717, 1.165) is 55.1 Å². The predicted octanol–water partition coefficient (Wildman–Crippen LogP) is 3.51. The number of hydrogen-bond donors (Lipinski definition) is 0. The fourth-order valence-electron chi connectivity index (χ4n) is 2.11. The first-order chi connectivity index (χ1) is 9.16. The third kappa shape index (κ3) is 4.63. The van der Waals surface area contributed by atoms with Crippen molar-refractivity contribution in [1.82, 2.24) is 4.90 Å². The second-order valence-electron chi connectivity index (χ2n) is 4.71. The molecule has 5 heteroatoms. The van der Waals surface area contributed by atoms with Gasteiger partial charge >= 0.3 is 0 Å². The Hall–Kier alpha value is -0.290. The summed E-state index contributed by atoms with van der Waals surface area (Å²) in [5, 5.41) is 0.665. The molecule has 0 unspecified atom stereocenters. The molecule has 1 fully saturated rings. The number of aryl methyl sites for hydroxylation is 1. The van der Waals surface area contributed by atoms with Gasteiger partial charge in [0.05, 0.1) is 29.3 Å². The molecule has 1 aliphatic rings. The Bertz CT molecular complexity index is 399. The summed E-state index contributed by atoms with van der Waals surface area (Å²) in [5.41, 5.74) is 1.12. The van der Waals surface area contributed by atoms with Gasteiger partial charge in [-0.25, -0.2) is 0 Å². The highest BCUT2D eigenvalue weighted by Crippen LogP contribution is 2.34. The molecule has 1 aromatic rings. The van der Waals surface area contributed by atoms with E-state index in [4.69, 9.17) is 21.1 Å². The Morgan fingerprint density at radius 2 is 2.11 bits per heavy atom. The van der Waals surface area contributed by atoms with Crippen molar-refractivity contribution in [3.63, 3.8) is 0 Å². The summed E-state index contributed by atoms with van der Waals surface area (Å²) >= 11 is 9.67. The van der Waals surface area contributed by atoms with Crippen molar-refractivity contribution in [1.29, 1.82) is 0 Å². The van der Waals surface area contributed by atoms with E-state index in [2.05, 4.69) is 20.8 Å². The Balaban J connectivity index is 1.76. The maximum atomic E-state index is 6.18. The van der Waals surface area contributed by atoms with E-state index in [9.17, 15) is 0 Å². The second-order valence-corrected chi connectivity index (χ2v) is 5.98. The van der Waals surface area contributed by atoms with Crippen LogP contribution in [0.3, 0.4) is 0 Å². The van der Waals surface area contributed by atoms with Gasteiger partial charge < -0.3 is 9.47 Å². The Kier molecular flexibility index (Phi) is 5.95. The summed E-state index contributed by atoms with van der Waals surface area (Å²) in [6, 6.07) is 3.94. The molecule has 1 aromatic carbocycles. The summed E-state index contributed by atoms with van der Waals surface area (Å²) in [7, 11) is 0. The SMILES string of the molecule is Cc1cc(Cl)c(OCCCN2CCOCC2)c(Br)c1. The topological polar surface area (TPSA) is 21.7 Å². The first kappa shape index (κ1) is 15.1. The Morgan fingerprint density at radius 1 is 1.37 bits per heavy atom. The molecule has 0 amide bonds. The standard InChI is InChI=1S/C14H19BrClNO2/c1-11-9-12(15)14(13(16)10-11)19-6-2-3-17-4-7-18-8-5-17/h9-10H,2-8H2,1H3. The molecule has 19 heavy (non-hydrogen) atoms. The summed E-state index contributed by atoms with van der Waals surface area (Å²) in [6.07, 6.45) is 0.997. The van der Waals surface area contributed by atoms with Crippen LogP contribution in [0.1, 0.15) is 12.0 Å². The molecule has 0 aromatic heterocycles. The second kappa shape index (κ2) is 7.48. The lowest BCUT2D eigenvalue weighted by molar-refractivity contribution is 0.0358. The largest absolute Gasteiger partial charge is 0.491 e. The minimum absolute atomic E-state index is 0.665. The van der Waals surface area contributed by atoms with Crippen LogP contribution in [-0.2, 0) is 4.74 Å². The molecule has 0 atom stereocenters. The van der Waals surface area contributed by atoms with Gasteiger partial charge in [0.25, 0.3) is 0 Å². The number of morpholine rings is 1. The number of halogens is 2. The maximum Gasteiger partial charge on any atom is 0.152 e. The zero-order valence-electron chi connectivity index (χ0n) is 11.1. The van der Waals surface area contributed by atoms with Crippen molar-refractivity contribution in [2.75, 3.05) is 39.5 Å². The number of hydrogen-bond acceptors (Lipinski definition) is 3. The fourth-order valence-corrected chi connectivity index (χ4v) is 3.24. The average Bonchev–Trinajstić information content (AvgIpc) is 2.38. The van der Waals surface area contributed by atoms with Crippen LogP contribution in [0.2, 0.25) is 5.02 Å². The fraction of sp³-hybridized carbons (Fsp3) is 0.571. The highest BCUT2D eigenvalue weighted by atomic mass is 79.9. The van der Waals surface area contributed by atoms with E-state index in [0.29, 0.717) is 11.6 Å². The zero-order valence-corrected chi connectivity index (χ0v) is 13.5. The molecule has 1 heterocycles. The van der Waals surface area contributed by atoms with Gasteiger partial charge in [-0.05, 0) is 47.0 Å². The predicted molar refractivity (Wildman–Crippen MR) is 81.3 cm³/mol. The molecule has 0 saturated carbocycles. The lowest BCUT2D eigenvalue weighted by Gasteiger charge is -2.26. The van der Waals surface area contributed by atoms with E-state index < -0.39 is 0 Å². The van der Waals surface area contributed by atoms with Crippen molar-refractivity contribution in [3.8, 4) is 5.75 Å². The molecule has 1 aliphatic heterocycles. The van der Waals surface area contributed by atoms with Gasteiger partial charge in [-0.2, -0.15) is 0 Å². The molecule has 106 valence electrons. The van der Waals surface area contributed by atoms with Gasteiger partial charge in [0.15, 0.2) is 5.75 Å². The van der Waals surface area contributed by atoms with Crippen molar-refractivity contribution in [2.45, 2.75) is 13.3 Å². The van der Waals surface area contributed by atoms with Gasteiger partial charge in [0, 0.05) is 19.6 Å². The van der Waals surface area contributed by atoms with E-state index in [-0.39, 0.29) is 0 Å².